The standard InChI is InChI=1S/C10H15ClN2/c1-10(2,3)8-5-4-7(11)6-9(8)13-12/h4-6,13H,12H2,1-3H3. The van der Waals surface area contributed by atoms with Crippen molar-refractivity contribution in [3.8, 4) is 0 Å². The summed E-state index contributed by atoms with van der Waals surface area (Å²) in [6.07, 6.45) is 0. The number of halogens is 1. The van der Waals surface area contributed by atoms with Gasteiger partial charge in [-0.3, -0.25) is 5.84 Å². The maximum atomic E-state index is 5.85. The van der Waals surface area contributed by atoms with E-state index >= 15 is 0 Å². The molecule has 0 radical (unpaired) electrons. The zero-order valence-corrected chi connectivity index (χ0v) is 8.94. The van der Waals surface area contributed by atoms with Crippen LogP contribution in [-0.2, 0) is 5.41 Å². The molecule has 2 nitrogen and oxygen atoms in total. The quantitative estimate of drug-likeness (QED) is 0.538. The van der Waals surface area contributed by atoms with Crippen molar-refractivity contribution in [2.75, 3.05) is 5.43 Å². The first kappa shape index (κ1) is 10.4. The third-order valence-corrected chi connectivity index (χ3v) is 2.18. The largest absolute Gasteiger partial charge is 0.324 e. The van der Waals surface area contributed by atoms with Crippen LogP contribution >= 0.6 is 11.6 Å². The molecule has 72 valence electrons. The molecule has 0 amide bonds. The SMILES string of the molecule is CC(C)(C)c1ccc(Cl)cc1NN. The lowest BCUT2D eigenvalue weighted by molar-refractivity contribution is 0.592. The summed E-state index contributed by atoms with van der Waals surface area (Å²) in [6, 6.07) is 5.71. The lowest BCUT2D eigenvalue weighted by Crippen LogP contribution is -2.17. The second-order valence-corrected chi connectivity index (χ2v) is 4.52. The number of rotatable bonds is 1. The molecule has 0 atom stereocenters. The van der Waals surface area contributed by atoms with Gasteiger partial charge in [0.2, 0.25) is 0 Å². The number of nitrogens with one attached hydrogen (secondary N) is 1. The molecule has 0 aliphatic carbocycles. The van der Waals surface area contributed by atoms with Crippen molar-refractivity contribution in [1.29, 1.82) is 0 Å². The van der Waals surface area contributed by atoms with Gasteiger partial charge in [0.25, 0.3) is 0 Å². The Labute approximate surface area is 84.1 Å². The highest BCUT2D eigenvalue weighted by Crippen LogP contribution is 2.30. The van der Waals surface area contributed by atoms with E-state index in [1.54, 1.807) is 0 Å². The highest BCUT2D eigenvalue weighted by molar-refractivity contribution is 6.30. The molecule has 1 aromatic rings. The Kier molecular flexibility index (Phi) is 2.84. The average molecular weight is 199 g/mol. The van der Waals surface area contributed by atoms with Crippen LogP contribution in [0.3, 0.4) is 0 Å². The predicted octanol–water partition coefficient (Wildman–Crippen LogP) is 2.92. The van der Waals surface area contributed by atoms with Gasteiger partial charge in [0.15, 0.2) is 0 Å². The number of anilines is 1. The smallest absolute Gasteiger partial charge is 0.0537 e. The monoisotopic (exact) mass is 198 g/mol. The molecular weight excluding hydrogens is 184 g/mol. The van der Waals surface area contributed by atoms with Crippen molar-refractivity contribution in [2.45, 2.75) is 26.2 Å². The summed E-state index contributed by atoms with van der Waals surface area (Å²) in [5.41, 5.74) is 4.79. The van der Waals surface area contributed by atoms with E-state index in [1.807, 2.05) is 18.2 Å². The van der Waals surface area contributed by atoms with Crippen LogP contribution in [0.1, 0.15) is 26.3 Å². The summed E-state index contributed by atoms with van der Waals surface area (Å²) in [7, 11) is 0. The molecule has 13 heavy (non-hydrogen) atoms. The molecule has 0 spiro atoms. The topological polar surface area (TPSA) is 38.0 Å². The van der Waals surface area contributed by atoms with Crippen molar-refractivity contribution < 1.29 is 0 Å². The van der Waals surface area contributed by atoms with Gasteiger partial charge in [0, 0.05) is 5.02 Å². The van der Waals surface area contributed by atoms with Crippen LogP contribution in [0.25, 0.3) is 0 Å². The Balaban J connectivity index is 3.22. The first-order chi connectivity index (χ1) is 5.95. The second-order valence-electron chi connectivity index (χ2n) is 4.08. The Morgan fingerprint density at radius 1 is 1.31 bits per heavy atom. The van der Waals surface area contributed by atoms with E-state index in [0.29, 0.717) is 5.02 Å². The van der Waals surface area contributed by atoms with E-state index in [1.165, 1.54) is 5.56 Å². The van der Waals surface area contributed by atoms with Gasteiger partial charge in [-0.15, -0.1) is 0 Å². The highest BCUT2D eigenvalue weighted by Gasteiger charge is 2.17. The van der Waals surface area contributed by atoms with Gasteiger partial charge in [-0.25, -0.2) is 0 Å². The molecule has 0 heterocycles. The molecule has 1 aromatic carbocycles. The van der Waals surface area contributed by atoms with Gasteiger partial charge in [-0.1, -0.05) is 38.4 Å². The maximum absolute atomic E-state index is 5.85. The number of nitrogens with two attached hydrogens (primary N) is 1. The number of nitrogen functional groups attached to an aromatic ring is 1. The second kappa shape index (κ2) is 3.56. The molecule has 0 saturated carbocycles. The van der Waals surface area contributed by atoms with Gasteiger partial charge in [0.1, 0.15) is 0 Å². The number of hydrazine groups is 1. The molecule has 0 bridgehead atoms. The lowest BCUT2D eigenvalue weighted by Gasteiger charge is -2.22. The summed E-state index contributed by atoms with van der Waals surface area (Å²) in [5.74, 6) is 5.41. The van der Waals surface area contributed by atoms with Crippen LogP contribution in [0, 0.1) is 0 Å². The molecular formula is C10H15ClN2. The minimum atomic E-state index is 0.0757. The number of benzene rings is 1. The van der Waals surface area contributed by atoms with E-state index in [-0.39, 0.29) is 5.41 Å². The zero-order chi connectivity index (χ0) is 10.1. The minimum absolute atomic E-state index is 0.0757. The van der Waals surface area contributed by atoms with Crippen LogP contribution in [0.2, 0.25) is 5.02 Å². The summed E-state index contributed by atoms with van der Waals surface area (Å²) < 4.78 is 0. The Morgan fingerprint density at radius 3 is 2.38 bits per heavy atom. The van der Waals surface area contributed by atoms with Crippen molar-refractivity contribution in [1.82, 2.24) is 0 Å². The summed E-state index contributed by atoms with van der Waals surface area (Å²) >= 11 is 5.85. The summed E-state index contributed by atoms with van der Waals surface area (Å²) in [5, 5.41) is 0.695. The molecule has 3 heteroatoms. The van der Waals surface area contributed by atoms with Crippen molar-refractivity contribution in [2.24, 2.45) is 5.84 Å². The maximum Gasteiger partial charge on any atom is 0.0537 e. The molecule has 0 unspecified atom stereocenters. The van der Waals surface area contributed by atoms with Gasteiger partial charge < -0.3 is 5.43 Å². The third kappa shape index (κ3) is 2.36. The van der Waals surface area contributed by atoms with Gasteiger partial charge >= 0.3 is 0 Å². The predicted molar refractivity (Wildman–Crippen MR) is 58.0 cm³/mol. The lowest BCUT2D eigenvalue weighted by atomic mass is 9.86. The van der Waals surface area contributed by atoms with E-state index in [4.69, 9.17) is 17.4 Å². The first-order valence-electron chi connectivity index (χ1n) is 4.22. The Bertz CT molecular complexity index is 302. The van der Waals surface area contributed by atoms with E-state index in [0.717, 1.165) is 5.69 Å². The van der Waals surface area contributed by atoms with Crippen molar-refractivity contribution in [3.63, 3.8) is 0 Å². The highest BCUT2D eigenvalue weighted by atomic mass is 35.5. The Hall–Kier alpha value is -0.730. The first-order valence-corrected chi connectivity index (χ1v) is 4.59. The number of hydrogen-bond donors (Lipinski definition) is 2. The molecule has 0 aliphatic rings. The van der Waals surface area contributed by atoms with Crippen molar-refractivity contribution >= 4 is 17.3 Å². The molecule has 0 saturated heterocycles. The fraction of sp³-hybridized carbons (Fsp3) is 0.400. The fourth-order valence-electron chi connectivity index (χ4n) is 1.29. The molecule has 0 aliphatic heterocycles. The minimum Gasteiger partial charge on any atom is -0.324 e. The van der Waals surface area contributed by atoms with E-state index in [9.17, 15) is 0 Å². The molecule has 0 aromatic heterocycles. The average Bonchev–Trinajstić information content (AvgIpc) is 2.01. The van der Waals surface area contributed by atoms with Gasteiger partial charge in [-0.05, 0) is 23.1 Å². The van der Waals surface area contributed by atoms with E-state index < -0.39 is 0 Å². The van der Waals surface area contributed by atoms with Crippen molar-refractivity contribution in [3.05, 3.63) is 28.8 Å². The summed E-state index contributed by atoms with van der Waals surface area (Å²) in [4.78, 5) is 0. The van der Waals surface area contributed by atoms with Crippen LogP contribution in [0.5, 0.6) is 0 Å². The molecule has 3 N–H and O–H groups in total. The van der Waals surface area contributed by atoms with Crippen LogP contribution < -0.4 is 11.3 Å². The van der Waals surface area contributed by atoms with Gasteiger partial charge in [0.05, 0.1) is 5.69 Å². The fourth-order valence-corrected chi connectivity index (χ4v) is 1.46. The van der Waals surface area contributed by atoms with Crippen LogP contribution in [-0.4, -0.2) is 0 Å². The molecule has 1 rings (SSSR count). The zero-order valence-electron chi connectivity index (χ0n) is 8.19. The van der Waals surface area contributed by atoms with E-state index in [2.05, 4.69) is 26.2 Å². The van der Waals surface area contributed by atoms with Crippen LogP contribution in [0.4, 0.5) is 5.69 Å². The molecule has 0 fully saturated rings. The van der Waals surface area contributed by atoms with Crippen LogP contribution in [0.15, 0.2) is 18.2 Å². The Morgan fingerprint density at radius 2 is 1.92 bits per heavy atom. The third-order valence-electron chi connectivity index (χ3n) is 1.95. The normalized spacial score (nSPS) is 11.5. The van der Waals surface area contributed by atoms with Gasteiger partial charge in [-0.2, -0.15) is 0 Å². The number of hydrogen-bond acceptors (Lipinski definition) is 2. The summed E-state index contributed by atoms with van der Waals surface area (Å²) in [6.45, 7) is 6.41.